The monoisotopic (exact) mass is 656 g/mol. The van der Waals surface area contributed by atoms with Crippen LogP contribution in [0.3, 0.4) is 0 Å². The molecule has 222 valence electrons. The smallest absolute Gasteiger partial charge is 0.271 e. The van der Waals surface area contributed by atoms with Crippen LogP contribution in [0.1, 0.15) is 44.6 Å². The van der Waals surface area contributed by atoms with E-state index in [0.717, 1.165) is 52.5 Å². The number of rotatable bonds is 11. The second-order valence-electron chi connectivity index (χ2n) is 10.3. The van der Waals surface area contributed by atoms with E-state index in [9.17, 15) is 28.1 Å². The van der Waals surface area contributed by atoms with Crippen LogP contribution < -0.4 is 9.62 Å². The fraction of sp³-hybridized carbons (Fsp3) is 0.333. The Morgan fingerprint density at radius 2 is 1.67 bits per heavy atom. The highest BCUT2D eigenvalue weighted by molar-refractivity contribution is 9.10. The first-order chi connectivity index (χ1) is 20.1. The molecular weight excluding hydrogens is 624 g/mol. The van der Waals surface area contributed by atoms with Gasteiger partial charge in [0.1, 0.15) is 12.6 Å². The summed E-state index contributed by atoms with van der Waals surface area (Å²) in [6.45, 7) is 1.01. The number of sulfonamides is 1. The first kappa shape index (κ1) is 31.2. The SMILES string of the molecule is C[C@@H](C(=O)NC1CCCCC1)N(Cc1ccc(Br)cc1)C(=O)CN(c1cccc([N+](=O)[O-])c1)S(=O)(=O)c1ccccc1. The lowest BCUT2D eigenvalue weighted by molar-refractivity contribution is -0.384. The van der Waals surface area contributed by atoms with Gasteiger partial charge in [-0.25, -0.2) is 8.42 Å². The summed E-state index contributed by atoms with van der Waals surface area (Å²) in [5, 5.41) is 14.6. The third kappa shape index (κ3) is 7.74. The molecular formula is C30H33BrN4O6S. The highest BCUT2D eigenvalue weighted by Gasteiger charge is 2.33. The largest absolute Gasteiger partial charge is 0.352 e. The van der Waals surface area contributed by atoms with Gasteiger partial charge < -0.3 is 10.2 Å². The van der Waals surface area contributed by atoms with Gasteiger partial charge >= 0.3 is 0 Å². The van der Waals surface area contributed by atoms with Crippen molar-refractivity contribution < 1.29 is 22.9 Å². The van der Waals surface area contributed by atoms with Crippen LogP contribution in [0.25, 0.3) is 0 Å². The number of nitrogens with one attached hydrogen (secondary N) is 1. The van der Waals surface area contributed by atoms with Gasteiger partial charge in [-0.1, -0.05) is 71.6 Å². The van der Waals surface area contributed by atoms with Crippen LogP contribution in [0.15, 0.2) is 88.2 Å². The molecule has 1 N–H and O–H groups in total. The summed E-state index contributed by atoms with van der Waals surface area (Å²) >= 11 is 3.40. The molecule has 2 amide bonds. The average Bonchev–Trinajstić information content (AvgIpc) is 3.00. The summed E-state index contributed by atoms with van der Waals surface area (Å²) in [4.78, 5) is 39.5. The van der Waals surface area contributed by atoms with Crippen molar-refractivity contribution in [3.05, 3.63) is 99.0 Å². The van der Waals surface area contributed by atoms with E-state index in [4.69, 9.17) is 0 Å². The van der Waals surface area contributed by atoms with Crippen molar-refractivity contribution in [1.82, 2.24) is 10.2 Å². The van der Waals surface area contributed by atoms with Crippen LogP contribution >= 0.6 is 15.9 Å². The van der Waals surface area contributed by atoms with E-state index in [2.05, 4.69) is 21.2 Å². The summed E-state index contributed by atoms with van der Waals surface area (Å²) < 4.78 is 29.4. The average molecular weight is 658 g/mol. The maximum atomic E-state index is 14.0. The van der Waals surface area contributed by atoms with E-state index in [1.807, 2.05) is 24.3 Å². The Hall–Kier alpha value is -3.77. The number of hydrogen-bond donors (Lipinski definition) is 1. The molecule has 0 bridgehead atoms. The minimum absolute atomic E-state index is 0.0261. The Morgan fingerprint density at radius 1 is 1.00 bits per heavy atom. The number of nitro benzene ring substituents is 1. The predicted octanol–water partition coefficient (Wildman–Crippen LogP) is 5.42. The molecule has 1 fully saturated rings. The molecule has 1 aliphatic carbocycles. The number of halogens is 1. The maximum Gasteiger partial charge on any atom is 0.271 e. The molecule has 1 saturated carbocycles. The van der Waals surface area contributed by atoms with Gasteiger partial charge in [-0.3, -0.25) is 24.0 Å². The number of benzene rings is 3. The molecule has 4 rings (SSSR count). The molecule has 1 atom stereocenters. The molecule has 42 heavy (non-hydrogen) atoms. The van der Waals surface area contributed by atoms with Crippen LogP contribution in [-0.2, 0) is 26.2 Å². The highest BCUT2D eigenvalue weighted by atomic mass is 79.9. The quantitative estimate of drug-likeness (QED) is 0.217. The number of carbonyl (C=O) groups is 2. The molecule has 12 heteroatoms. The number of carbonyl (C=O) groups excluding carboxylic acids is 2. The van der Waals surface area contributed by atoms with Gasteiger partial charge in [-0.2, -0.15) is 0 Å². The Labute approximate surface area is 254 Å². The van der Waals surface area contributed by atoms with Crippen LogP contribution in [-0.4, -0.2) is 48.7 Å². The van der Waals surface area contributed by atoms with Crippen molar-refractivity contribution in [2.24, 2.45) is 0 Å². The van der Waals surface area contributed by atoms with Crippen molar-refractivity contribution in [3.63, 3.8) is 0 Å². The number of anilines is 1. The number of amides is 2. The van der Waals surface area contributed by atoms with E-state index in [1.165, 1.54) is 35.2 Å². The van der Waals surface area contributed by atoms with E-state index in [-0.39, 0.29) is 34.8 Å². The molecule has 3 aromatic carbocycles. The van der Waals surface area contributed by atoms with E-state index in [0.29, 0.717) is 0 Å². The van der Waals surface area contributed by atoms with Gasteiger partial charge in [0.25, 0.3) is 15.7 Å². The van der Waals surface area contributed by atoms with Gasteiger partial charge in [0.2, 0.25) is 11.8 Å². The van der Waals surface area contributed by atoms with E-state index >= 15 is 0 Å². The molecule has 0 unspecified atom stereocenters. The van der Waals surface area contributed by atoms with Crippen molar-refractivity contribution >= 4 is 49.1 Å². The number of non-ortho nitro benzene ring substituents is 1. The van der Waals surface area contributed by atoms with Crippen LogP contribution in [0, 0.1) is 10.1 Å². The molecule has 0 radical (unpaired) electrons. The minimum atomic E-state index is -4.32. The van der Waals surface area contributed by atoms with Gasteiger partial charge in [0.15, 0.2) is 0 Å². The Kier molecular flexibility index (Phi) is 10.3. The maximum absolute atomic E-state index is 14.0. The lowest BCUT2D eigenvalue weighted by atomic mass is 9.95. The zero-order chi connectivity index (χ0) is 30.3. The van der Waals surface area contributed by atoms with Crippen LogP contribution in [0.2, 0.25) is 0 Å². The van der Waals surface area contributed by atoms with Crippen molar-refractivity contribution in [2.75, 3.05) is 10.8 Å². The van der Waals surface area contributed by atoms with Crippen molar-refractivity contribution in [2.45, 2.75) is 62.6 Å². The third-order valence-corrected chi connectivity index (χ3v) is 9.64. The normalized spacial score (nSPS) is 14.5. The van der Waals surface area contributed by atoms with E-state index in [1.54, 1.807) is 25.1 Å². The van der Waals surface area contributed by atoms with Crippen LogP contribution in [0.4, 0.5) is 11.4 Å². The standard InChI is InChI=1S/C30H33BrN4O6S/c1-22(30(37)32-25-9-4-2-5-10-25)33(20-23-15-17-24(31)18-16-23)29(36)21-34(26-11-8-12-27(19-26)35(38)39)42(40,41)28-13-6-3-7-14-28/h3,6-8,11-19,22,25H,2,4-5,9-10,20-21H2,1H3,(H,32,37)/t22-/m0/s1. The highest BCUT2D eigenvalue weighted by Crippen LogP contribution is 2.28. The van der Waals surface area contributed by atoms with E-state index < -0.39 is 33.4 Å². The zero-order valence-electron chi connectivity index (χ0n) is 23.2. The fourth-order valence-electron chi connectivity index (χ4n) is 4.95. The summed E-state index contributed by atoms with van der Waals surface area (Å²) in [7, 11) is -4.32. The molecule has 0 saturated heterocycles. The summed E-state index contributed by atoms with van der Waals surface area (Å²) in [6.07, 6.45) is 4.91. The Balaban J connectivity index is 1.69. The zero-order valence-corrected chi connectivity index (χ0v) is 25.6. The second kappa shape index (κ2) is 13.9. The second-order valence-corrected chi connectivity index (χ2v) is 13.0. The topological polar surface area (TPSA) is 130 Å². The summed E-state index contributed by atoms with van der Waals surface area (Å²) in [6, 6.07) is 19.1. The van der Waals surface area contributed by atoms with Crippen molar-refractivity contribution in [3.8, 4) is 0 Å². The number of hydrogen-bond acceptors (Lipinski definition) is 6. The molecule has 1 aliphatic rings. The Bertz CT molecular complexity index is 1510. The van der Waals surface area contributed by atoms with Gasteiger partial charge in [-0.05, 0) is 55.7 Å². The molecule has 0 spiro atoms. The van der Waals surface area contributed by atoms with Gasteiger partial charge in [-0.15, -0.1) is 0 Å². The predicted molar refractivity (Wildman–Crippen MR) is 163 cm³/mol. The lowest BCUT2D eigenvalue weighted by Gasteiger charge is -2.33. The number of nitro groups is 1. The third-order valence-electron chi connectivity index (χ3n) is 7.32. The number of nitrogens with zero attached hydrogens (tertiary/aromatic N) is 3. The first-order valence-electron chi connectivity index (χ1n) is 13.7. The molecule has 0 aliphatic heterocycles. The van der Waals surface area contributed by atoms with Crippen molar-refractivity contribution in [1.29, 1.82) is 0 Å². The minimum Gasteiger partial charge on any atom is -0.352 e. The lowest BCUT2D eigenvalue weighted by Crippen LogP contribution is -2.53. The summed E-state index contributed by atoms with van der Waals surface area (Å²) in [5.41, 5.74) is 0.390. The molecule has 0 heterocycles. The Morgan fingerprint density at radius 3 is 2.31 bits per heavy atom. The van der Waals surface area contributed by atoms with Crippen LogP contribution in [0.5, 0.6) is 0 Å². The summed E-state index contributed by atoms with van der Waals surface area (Å²) in [5.74, 6) is -0.949. The van der Waals surface area contributed by atoms with Gasteiger partial charge in [0.05, 0.1) is 15.5 Å². The first-order valence-corrected chi connectivity index (χ1v) is 16.0. The van der Waals surface area contributed by atoms with Gasteiger partial charge in [0, 0.05) is 29.2 Å². The molecule has 0 aromatic heterocycles. The molecule has 3 aromatic rings. The molecule has 10 nitrogen and oxygen atoms in total. The fourth-order valence-corrected chi connectivity index (χ4v) is 6.64.